The van der Waals surface area contributed by atoms with Crippen molar-refractivity contribution in [2.45, 2.75) is 43.3 Å². The molecule has 1 aliphatic rings. The highest BCUT2D eigenvalue weighted by molar-refractivity contribution is 7.92. The minimum atomic E-state index is -3.58. The van der Waals surface area contributed by atoms with Crippen molar-refractivity contribution in [2.75, 3.05) is 11.9 Å². The maximum atomic E-state index is 14.0. The number of fused-ring (bicyclic) bond motifs is 1. The molecule has 0 fully saturated rings. The van der Waals surface area contributed by atoms with Gasteiger partial charge < -0.3 is 5.32 Å². The van der Waals surface area contributed by atoms with Crippen LogP contribution in [-0.4, -0.2) is 20.2 Å². The third-order valence-corrected chi connectivity index (χ3v) is 5.62. The predicted octanol–water partition coefficient (Wildman–Crippen LogP) is 2.71. The summed E-state index contributed by atoms with van der Waals surface area (Å²) in [5.74, 6) is -0.653. The molecule has 5 heteroatoms. The van der Waals surface area contributed by atoms with Gasteiger partial charge in [-0.05, 0) is 31.5 Å². The molecular weight excluding hydrogens is 253 g/mol. The second-order valence-corrected chi connectivity index (χ2v) is 8.13. The molecule has 0 atom stereocenters. The minimum absolute atomic E-state index is 0.170. The van der Waals surface area contributed by atoms with E-state index < -0.39 is 20.9 Å². The molecule has 1 N–H and O–H groups in total. The molecule has 0 radical (unpaired) electrons. The fraction of sp³-hybridized carbons (Fsp3) is 0.538. The van der Waals surface area contributed by atoms with Crippen LogP contribution in [0, 0.1) is 5.82 Å². The van der Waals surface area contributed by atoms with Crippen molar-refractivity contribution in [3.05, 3.63) is 23.5 Å². The van der Waals surface area contributed by atoms with Crippen LogP contribution >= 0.6 is 0 Å². The Kier molecular flexibility index (Phi) is 2.93. The van der Waals surface area contributed by atoms with Gasteiger partial charge in [-0.3, -0.25) is 0 Å². The van der Waals surface area contributed by atoms with Crippen LogP contribution in [0.5, 0.6) is 0 Å². The lowest BCUT2D eigenvalue weighted by molar-refractivity contribution is 0.549. The summed E-state index contributed by atoms with van der Waals surface area (Å²) in [7, 11) is -3.58. The average Bonchev–Trinajstić information content (AvgIpc) is 2.53. The Hall–Kier alpha value is -1.10. The summed E-state index contributed by atoms with van der Waals surface area (Å²) in [6, 6.07) is 2.78. The molecule has 0 bridgehead atoms. The van der Waals surface area contributed by atoms with E-state index >= 15 is 0 Å². The monoisotopic (exact) mass is 271 g/mol. The smallest absolute Gasteiger partial charge is 0.183 e. The van der Waals surface area contributed by atoms with Crippen molar-refractivity contribution in [3.63, 3.8) is 0 Å². The molecular formula is C13H18FNO2S. The SMILES string of the molecule is CC(C)S(=O)(=O)c1cc2c(cc1F)C(C)(C)CN2. The van der Waals surface area contributed by atoms with Gasteiger partial charge in [0.15, 0.2) is 9.84 Å². The molecule has 3 nitrogen and oxygen atoms in total. The van der Waals surface area contributed by atoms with Gasteiger partial charge in [-0.1, -0.05) is 13.8 Å². The minimum Gasteiger partial charge on any atom is -0.384 e. The summed E-state index contributed by atoms with van der Waals surface area (Å²) in [6.07, 6.45) is 0. The first kappa shape index (κ1) is 13.3. The molecule has 1 aromatic carbocycles. The van der Waals surface area contributed by atoms with E-state index in [1.165, 1.54) is 12.1 Å². The number of halogens is 1. The zero-order valence-corrected chi connectivity index (χ0v) is 11.9. The standard InChI is InChI=1S/C13H18FNO2S/c1-8(2)18(16,17)12-6-11-9(5-10(12)14)13(3,4)7-15-11/h5-6,8,15H,7H2,1-4H3. The van der Waals surface area contributed by atoms with E-state index in [2.05, 4.69) is 5.32 Å². The molecule has 1 aliphatic heterocycles. The number of nitrogens with one attached hydrogen (secondary N) is 1. The van der Waals surface area contributed by atoms with Gasteiger partial charge in [0.1, 0.15) is 10.7 Å². The van der Waals surface area contributed by atoms with E-state index in [1.54, 1.807) is 13.8 Å². The van der Waals surface area contributed by atoms with Crippen LogP contribution in [0.1, 0.15) is 33.3 Å². The van der Waals surface area contributed by atoms with E-state index in [4.69, 9.17) is 0 Å². The Morgan fingerprint density at radius 3 is 2.50 bits per heavy atom. The lowest BCUT2D eigenvalue weighted by Crippen LogP contribution is -2.19. The maximum absolute atomic E-state index is 14.0. The quantitative estimate of drug-likeness (QED) is 0.899. The summed E-state index contributed by atoms with van der Waals surface area (Å²) < 4.78 is 38.1. The summed E-state index contributed by atoms with van der Waals surface area (Å²) in [4.78, 5) is -0.207. The lowest BCUT2D eigenvalue weighted by atomic mass is 9.87. The molecule has 2 rings (SSSR count). The fourth-order valence-electron chi connectivity index (χ4n) is 2.14. The number of anilines is 1. The molecule has 18 heavy (non-hydrogen) atoms. The van der Waals surface area contributed by atoms with Gasteiger partial charge in [0.05, 0.1) is 5.25 Å². The van der Waals surface area contributed by atoms with Crippen LogP contribution < -0.4 is 5.32 Å². The van der Waals surface area contributed by atoms with Crippen molar-refractivity contribution < 1.29 is 12.8 Å². The van der Waals surface area contributed by atoms with Gasteiger partial charge in [0.25, 0.3) is 0 Å². The van der Waals surface area contributed by atoms with Crippen LogP contribution in [0.25, 0.3) is 0 Å². The third kappa shape index (κ3) is 1.90. The number of benzene rings is 1. The van der Waals surface area contributed by atoms with Crippen molar-refractivity contribution in [1.82, 2.24) is 0 Å². The van der Waals surface area contributed by atoms with Crippen LogP contribution in [0.2, 0.25) is 0 Å². The summed E-state index contributed by atoms with van der Waals surface area (Å²) >= 11 is 0. The Balaban J connectivity index is 2.63. The van der Waals surface area contributed by atoms with Crippen LogP contribution in [0.15, 0.2) is 17.0 Å². The highest BCUT2D eigenvalue weighted by Crippen LogP contribution is 2.39. The molecule has 0 saturated heterocycles. The topological polar surface area (TPSA) is 46.2 Å². The zero-order chi connectivity index (χ0) is 13.7. The van der Waals surface area contributed by atoms with E-state index in [9.17, 15) is 12.8 Å². The maximum Gasteiger partial charge on any atom is 0.183 e. The second-order valence-electron chi connectivity index (χ2n) is 5.66. The molecule has 0 amide bonds. The molecule has 0 aromatic heterocycles. The first-order valence-corrected chi connectivity index (χ1v) is 7.52. The van der Waals surface area contributed by atoms with E-state index in [1.807, 2.05) is 13.8 Å². The predicted molar refractivity (Wildman–Crippen MR) is 70.2 cm³/mol. The van der Waals surface area contributed by atoms with Crippen molar-refractivity contribution in [2.24, 2.45) is 0 Å². The van der Waals surface area contributed by atoms with E-state index in [0.717, 1.165) is 11.3 Å². The lowest BCUT2D eigenvalue weighted by Gasteiger charge is -2.17. The average molecular weight is 271 g/mol. The Labute approximate surface area is 107 Å². The summed E-state index contributed by atoms with van der Waals surface area (Å²) in [5.41, 5.74) is 1.39. The Bertz CT molecular complexity index is 591. The van der Waals surface area contributed by atoms with E-state index in [0.29, 0.717) is 6.54 Å². The van der Waals surface area contributed by atoms with Crippen LogP contribution in [0.4, 0.5) is 10.1 Å². The molecule has 0 saturated carbocycles. The highest BCUT2D eigenvalue weighted by Gasteiger charge is 2.33. The largest absolute Gasteiger partial charge is 0.384 e. The highest BCUT2D eigenvalue weighted by atomic mass is 32.2. The number of rotatable bonds is 2. The zero-order valence-electron chi connectivity index (χ0n) is 11.0. The normalized spacial score (nSPS) is 17.7. The van der Waals surface area contributed by atoms with Gasteiger partial charge >= 0.3 is 0 Å². The van der Waals surface area contributed by atoms with Crippen LogP contribution in [0.3, 0.4) is 0 Å². The molecule has 100 valence electrons. The summed E-state index contributed by atoms with van der Waals surface area (Å²) in [6.45, 7) is 7.80. The Morgan fingerprint density at radius 1 is 1.33 bits per heavy atom. The number of sulfone groups is 1. The van der Waals surface area contributed by atoms with Gasteiger partial charge in [0, 0.05) is 17.6 Å². The van der Waals surface area contributed by atoms with Gasteiger partial charge in [-0.15, -0.1) is 0 Å². The molecule has 0 aliphatic carbocycles. The van der Waals surface area contributed by atoms with Crippen molar-refractivity contribution in [1.29, 1.82) is 0 Å². The summed E-state index contributed by atoms with van der Waals surface area (Å²) in [5, 5.41) is 2.51. The second kappa shape index (κ2) is 3.95. The van der Waals surface area contributed by atoms with E-state index in [-0.39, 0.29) is 10.3 Å². The van der Waals surface area contributed by atoms with Crippen molar-refractivity contribution >= 4 is 15.5 Å². The molecule has 1 heterocycles. The Morgan fingerprint density at radius 2 is 1.94 bits per heavy atom. The number of hydrogen-bond acceptors (Lipinski definition) is 3. The van der Waals surface area contributed by atoms with Gasteiger partial charge in [0.2, 0.25) is 0 Å². The molecule has 0 spiro atoms. The molecule has 1 aromatic rings. The fourth-order valence-corrected chi connectivity index (χ4v) is 3.26. The molecule has 0 unspecified atom stereocenters. The first-order valence-electron chi connectivity index (χ1n) is 5.98. The third-order valence-electron chi connectivity index (χ3n) is 3.45. The number of hydrogen-bond donors (Lipinski definition) is 1. The van der Waals surface area contributed by atoms with Gasteiger partial charge in [-0.2, -0.15) is 0 Å². The first-order chi connectivity index (χ1) is 8.16. The van der Waals surface area contributed by atoms with Gasteiger partial charge in [-0.25, -0.2) is 12.8 Å². The van der Waals surface area contributed by atoms with Crippen LogP contribution in [-0.2, 0) is 15.3 Å². The van der Waals surface area contributed by atoms with Crippen molar-refractivity contribution in [3.8, 4) is 0 Å².